The van der Waals surface area contributed by atoms with Crippen molar-refractivity contribution < 1.29 is 19.0 Å². The zero-order valence-corrected chi connectivity index (χ0v) is 14.7. The third-order valence-corrected chi connectivity index (χ3v) is 3.84. The van der Waals surface area contributed by atoms with Crippen molar-refractivity contribution in [1.82, 2.24) is 0 Å². The second-order valence-corrected chi connectivity index (χ2v) is 5.31. The second-order valence-electron chi connectivity index (χ2n) is 5.31. The lowest BCUT2D eigenvalue weighted by atomic mass is 9.82. The van der Waals surface area contributed by atoms with Crippen LogP contribution in [0.2, 0.25) is 0 Å². The predicted molar refractivity (Wildman–Crippen MR) is 92.2 cm³/mol. The zero-order valence-electron chi connectivity index (χ0n) is 14.7. The van der Waals surface area contributed by atoms with Gasteiger partial charge in [-0.2, -0.15) is 5.26 Å². The SMILES string of the molecule is CCOC(=O)C1=C(CC)OC(N)=C(C#N)[C@@H]1c1ccccc1OCC. The minimum Gasteiger partial charge on any atom is -0.494 e. The first-order chi connectivity index (χ1) is 12.1. The molecule has 0 bridgehead atoms. The number of nitriles is 1. The Bertz CT molecular complexity index is 759. The van der Waals surface area contributed by atoms with E-state index in [4.69, 9.17) is 19.9 Å². The first-order valence-corrected chi connectivity index (χ1v) is 8.28. The van der Waals surface area contributed by atoms with Crippen molar-refractivity contribution in [3.05, 3.63) is 52.6 Å². The summed E-state index contributed by atoms with van der Waals surface area (Å²) < 4.78 is 16.4. The summed E-state index contributed by atoms with van der Waals surface area (Å²) in [5, 5.41) is 9.62. The molecule has 2 N–H and O–H groups in total. The van der Waals surface area contributed by atoms with Crippen LogP contribution in [0.1, 0.15) is 38.7 Å². The van der Waals surface area contributed by atoms with E-state index in [1.165, 1.54) is 0 Å². The number of benzene rings is 1. The van der Waals surface area contributed by atoms with E-state index in [1.807, 2.05) is 32.0 Å². The molecule has 0 unspecified atom stereocenters. The van der Waals surface area contributed by atoms with Crippen LogP contribution in [0.15, 0.2) is 47.1 Å². The molecule has 1 heterocycles. The molecule has 6 heteroatoms. The van der Waals surface area contributed by atoms with Gasteiger partial charge in [0.1, 0.15) is 23.2 Å². The van der Waals surface area contributed by atoms with E-state index in [2.05, 4.69) is 6.07 Å². The van der Waals surface area contributed by atoms with Crippen molar-refractivity contribution in [2.45, 2.75) is 33.1 Å². The molecule has 1 atom stereocenters. The topological polar surface area (TPSA) is 94.6 Å². The summed E-state index contributed by atoms with van der Waals surface area (Å²) in [6, 6.07) is 9.35. The Balaban J connectivity index is 2.70. The maximum absolute atomic E-state index is 12.6. The van der Waals surface area contributed by atoms with Crippen molar-refractivity contribution in [3.63, 3.8) is 0 Å². The molecule has 1 aromatic rings. The molecule has 25 heavy (non-hydrogen) atoms. The molecule has 0 aliphatic carbocycles. The second kappa shape index (κ2) is 8.25. The van der Waals surface area contributed by atoms with Crippen molar-refractivity contribution >= 4 is 5.97 Å². The fourth-order valence-electron chi connectivity index (χ4n) is 2.83. The van der Waals surface area contributed by atoms with Crippen LogP contribution in [0.5, 0.6) is 5.75 Å². The van der Waals surface area contributed by atoms with Gasteiger partial charge in [0, 0.05) is 12.0 Å². The van der Waals surface area contributed by atoms with Gasteiger partial charge < -0.3 is 19.9 Å². The number of carbonyl (C=O) groups excluding carboxylic acids is 1. The fraction of sp³-hybridized carbons (Fsp3) is 0.368. The molecule has 0 saturated heterocycles. The summed E-state index contributed by atoms with van der Waals surface area (Å²) in [5.41, 5.74) is 7.10. The van der Waals surface area contributed by atoms with Crippen molar-refractivity contribution in [2.75, 3.05) is 13.2 Å². The molecule has 2 rings (SSSR count). The molecule has 0 fully saturated rings. The molecule has 1 aromatic carbocycles. The smallest absolute Gasteiger partial charge is 0.338 e. The summed E-state index contributed by atoms with van der Waals surface area (Å²) in [6.45, 7) is 6.13. The third-order valence-electron chi connectivity index (χ3n) is 3.84. The maximum atomic E-state index is 12.6. The zero-order chi connectivity index (χ0) is 18.4. The molecule has 0 aromatic heterocycles. The number of ether oxygens (including phenoxy) is 3. The number of hydrogen-bond acceptors (Lipinski definition) is 6. The normalized spacial score (nSPS) is 17.0. The van der Waals surface area contributed by atoms with Crippen LogP contribution in [-0.2, 0) is 14.3 Å². The first-order valence-electron chi connectivity index (χ1n) is 8.28. The van der Waals surface area contributed by atoms with Gasteiger partial charge >= 0.3 is 5.97 Å². The quantitative estimate of drug-likeness (QED) is 0.798. The van der Waals surface area contributed by atoms with Gasteiger partial charge in [-0.1, -0.05) is 25.1 Å². The standard InChI is InChI=1S/C19H22N2O4/c1-4-14-17(19(22)24-6-3)16(13(11-20)18(21)25-14)12-9-7-8-10-15(12)23-5-2/h7-10,16H,4-6,21H2,1-3H3/t16-/m0/s1. The molecule has 1 aliphatic heterocycles. The van der Waals surface area contributed by atoms with Crippen LogP contribution in [-0.4, -0.2) is 19.2 Å². The minimum atomic E-state index is -0.685. The maximum Gasteiger partial charge on any atom is 0.338 e. The summed E-state index contributed by atoms with van der Waals surface area (Å²) in [5.74, 6) is -0.198. The Morgan fingerprint density at radius 3 is 2.60 bits per heavy atom. The Labute approximate surface area is 147 Å². The molecule has 1 aliphatic rings. The highest BCUT2D eigenvalue weighted by Crippen LogP contribution is 2.43. The van der Waals surface area contributed by atoms with E-state index < -0.39 is 11.9 Å². The van der Waals surface area contributed by atoms with Crippen LogP contribution in [0.4, 0.5) is 0 Å². The Hall–Kier alpha value is -2.94. The number of esters is 1. The number of nitrogens with zero attached hydrogens (tertiary/aromatic N) is 1. The molecule has 0 spiro atoms. The Morgan fingerprint density at radius 1 is 1.28 bits per heavy atom. The van der Waals surface area contributed by atoms with Crippen LogP contribution in [0.25, 0.3) is 0 Å². The van der Waals surface area contributed by atoms with Gasteiger partial charge in [-0.25, -0.2) is 4.79 Å². The highest BCUT2D eigenvalue weighted by Gasteiger charge is 2.38. The molecule has 0 radical (unpaired) electrons. The van der Waals surface area contributed by atoms with Crippen LogP contribution in [0, 0.1) is 11.3 Å². The number of hydrogen-bond donors (Lipinski definition) is 1. The van der Waals surface area contributed by atoms with Crippen molar-refractivity contribution in [1.29, 1.82) is 5.26 Å². The van der Waals surface area contributed by atoms with E-state index in [0.29, 0.717) is 35.7 Å². The van der Waals surface area contributed by atoms with Gasteiger partial charge in [0.2, 0.25) is 5.88 Å². The highest BCUT2D eigenvalue weighted by molar-refractivity contribution is 5.93. The number of rotatable bonds is 6. The number of nitrogens with two attached hydrogens (primary N) is 1. The molecular formula is C19H22N2O4. The average Bonchev–Trinajstić information content (AvgIpc) is 2.61. The summed E-state index contributed by atoms with van der Waals surface area (Å²) in [4.78, 5) is 12.6. The average molecular weight is 342 g/mol. The number of allylic oxidation sites excluding steroid dienone is 2. The fourth-order valence-corrected chi connectivity index (χ4v) is 2.83. The van der Waals surface area contributed by atoms with E-state index in [1.54, 1.807) is 13.0 Å². The highest BCUT2D eigenvalue weighted by atomic mass is 16.5. The van der Waals surface area contributed by atoms with Gasteiger partial charge in [-0.05, 0) is 19.9 Å². The molecule has 6 nitrogen and oxygen atoms in total. The van der Waals surface area contributed by atoms with Crippen molar-refractivity contribution in [2.24, 2.45) is 5.73 Å². The lowest BCUT2D eigenvalue weighted by Crippen LogP contribution is -2.26. The van der Waals surface area contributed by atoms with Crippen LogP contribution >= 0.6 is 0 Å². The lowest BCUT2D eigenvalue weighted by molar-refractivity contribution is -0.139. The lowest BCUT2D eigenvalue weighted by Gasteiger charge is -2.28. The summed E-state index contributed by atoms with van der Waals surface area (Å²) in [7, 11) is 0. The van der Waals surface area contributed by atoms with Gasteiger partial charge in [0.05, 0.1) is 24.7 Å². The van der Waals surface area contributed by atoms with Crippen molar-refractivity contribution in [3.8, 4) is 11.8 Å². The largest absolute Gasteiger partial charge is 0.494 e. The predicted octanol–water partition coefficient (Wildman–Crippen LogP) is 3.12. The molecule has 132 valence electrons. The monoisotopic (exact) mass is 342 g/mol. The van der Waals surface area contributed by atoms with E-state index >= 15 is 0 Å². The molecule has 0 saturated carbocycles. The first kappa shape index (κ1) is 18.4. The van der Waals surface area contributed by atoms with Crippen LogP contribution in [0.3, 0.4) is 0 Å². The Morgan fingerprint density at radius 2 is 2.00 bits per heavy atom. The third kappa shape index (κ3) is 3.61. The number of carbonyl (C=O) groups is 1. The van der Waals surface area contributed by atoms with E-state index in [0.717, 1.165) is 0 Å². The summed E-state index contributed by atoms with van der Waals surface area (Å²) in [6.07, 6.45) is 0.445. The molecule has 0 amide bonds. The number of para-hydroxylation sites is 1. The minimum absolute atomic E-state index is 0.00343. The van der Waals surface area contributed by atoms with Gasteiger partial charge in [0.25, 0.3) is 0 Å². The summed E-state index contributed by atoms with van der Waals surface area (Å²) >= 11 is 0. The van der Waals surface area contributed by atoms with Crippen LogP contribution < -0.4 is 10.5 Å². The van der Waals surface area contributed by atoms with E-state index in [-0.39, 0.29) is 18.1 Å². The van der Waals surface area contributed by atoms with Gasteiger partial charge in [0.15, 0.2) is 0 Å². The van der Waals surface area contributed by atoms with Gasteiger partial charge in [-0.3, -0.25) is 0 Å². The van der Waals surface area contributed by atoms with E-state index in [9.17, 15) is 10.1 Å². The van der Waals surface area contributed by atoms with Gasteiger partial charge in [-0.15, -0.1) is 0 Å². The molecular weight excluding hydrogens is 320 g/mol. The Kier molecular flexibility index (Phi) is 6.07.